The molecule has 0 spiro atoms. The zero-order valence-corrected chi connectivity index (χ0v) is 13.4. The van der Waals surface area contributed by atoms with Crippen LogP contribution in [0.25, 0.3) is 0 Å². The van der Waals surface area contributed by atoms with E-state index in [0.717, 1.165) is 6.42 Å². The highest BCUT2D eigenvalue weighted by Gasteiger charge is 2.22. The Bertz CT molecular complexity index is 644. The number of hydrogen-bond acceptors (Lipinski definition) is 5. The van der Waals surface area contributed by atoms with Crippen LogP contribution in [0.5, 0.6) is 0 Å². The molecule has 1 amide bonds. The quantitative estimate of drug-likeness (QED) is 0.831. The number of carbonyl (C=O) groups is 1. The third-order valence-electron chi connectivity index (χ3n) is 3.12. The van der Waals surface area contributed by atoms with Crippen molar-refractivity contribution in [3.05, 3.63) is 36.2 Å². The molecule has 0 aliphatic carbocycles. The van der Waals surface area contributed by atoms with Gasteiger partial charge in [0.2, 0.25) is 5.91 Å². The van der Waals surface area contributed by atoms with Gasteiger partial charge < -0.3 is 5.32 Å². The predicted octanol–water partition coefficient (Wildman–Crippen LogP) is 1.36. The lowest BCUT2D eigenvalue weighted by Gasteiger charge is -2.12. The van der Waals surface area contributed by atoms with Crippen LogP contribution in [0, 0.1) is 0 Å². The molecule has 2 rings (SSSR count). The van der Waals surface area contributed by atoms with Crippen LogP contribution in [0.4, 0.5) is 5.69 Å². The molecule has 0 saturated carbocycles. The molecule has 0 radical (unpaired) electrons. The molecular formula is C14H19N5O2S. The Morgan fingerprint density at radius 2 is 2.09 bits per heavy atom. The first-order valence-electron chi connectivity index (χ1n) is 7.10. The van der Waals surface area contributed by atoms with Gasteiger partial charge in [-0.15, -0.1) is 5.10 Å². The third kappa shape index (κ3) is 4.20. The van der Waals surface area contributed by atoms with Gasteiger partial charge in [0, 0.05) is 23.0 Å². The summed E-state index contributed by atoms with van der Waals surface area (Å²) in [6.07, 6.45) is 0.884. The van der Waals surface area contributed by atoms with Gasteiger partial charge in [0.15, 0.2) is 5.82 Å². The molecule has 0 bridgehead atoms. The lowest BCUT2D eigenvalue weighted by Crippen LogP contribution is -2.30. The molecule has 118 valence electrons. The van der Waals surface area contributed by atoms with Gasteiger partial charge in [0.1, 0.15) is 5.25 Å². The monoisotopic (exact) mass is 321 g/mol. The van der Waals surface area contributed by atoms with Crippen LogP contribution in [0.1, 0.15) is 26.1 Å². The second-order valence-corrected chi connectivity index (χ2v) is 6.60. The molecule has 1 heterocycles. The van der Waals surface area contributed by atoms with Crippen molar-refractivity contribution in [1.29, 1.82) is 0 Å². The van der Waals surface area contributed by atoms with Crippen molar-refractivity contribution in [1.82, 2.24) is 20.2 Å². The van der Waals surface area contributed by atoms with Gasteiger partial charge in [-0.2, -0.15) is 0 Å². The minimum atomic E-state index is -1.39. The van der Waals surface area contributed by atoms with E-state index in [1.165, 1.54) is 0 Å². The van der Waals surface area contributed by atoms with Crippen molar-refractivity contribution < 1.29 is 9.00 Å². The standard InChI is InChI=1S/C14H19N5O2S/c1-3-9-19-13(16-17-18-19)10-22(21)11(2)14(20)15-12-7-5-4-6-8-12/h4-8,11H,3,9-10H2,1-2H3,(H,15,20)/t11-,22+/m0/s1. The summed E-state index contributed by atoms with van der Waals surface area (Å²) in [4.78, 5) is 12.1. The number of para-hydroxylation sites is 1. The van der Waals surface area contributed by atoms with Crippen LogP contribution >= 0.6 is 0 Å². The summed E-state index contributed by atoms with van der Waals surface area (Å²) in [5.74, 6) is 0.426. The lowest BCUT2D eigenvalue weighted by molar-refractivity contribution is -0.115. The van der Waals surface area contributed by atoms with Crippen molar-refractivity contribution in [2.45, 2.75) is 37.8 Å². The van der Waals surface area contributed by atoms with Crippen molar-refractivity contribution in [3.8, 4) is 0 Å². The molecule has 0 fully saturated rings. The Morgan fingerprint density at radius 3 is 2.77 bits per heavy atom. The SMILES string of the molecule is CCCn1nnnc1C[S@@](=O)[C@@H](C)C(=O)Nc1ccccc1. The van der Waals surface area contributed by atoms with Gasteiger partial charge in [0.05, 0.1) is 5.75 Å². The van der Waals surface area contributed by atoms with Crippen molar-refractivity contribution in [2.24, 2.45) is 0 Å². The summed E-state index contributed by atoms with van der Waals surface area (Å²) >= 11 is 0. The number of aromatic nitrogens is 4. The van der Waals surface area contributed by atoms with E-state index in [1.54, 1.807) is 23.7 Å². The van der Waals surface area contributed by atoms with E-state index in [-0.39, 0.29) is 11.7 Å². The highest BCUT2D eigenvalue weighted by atomic mass is 32.2. The Labute approximate surface area is 131 Å². The third-order valence-corrected chi connectivity index (χ3v) is 4.66. The Morgan fingerprint density at radius 1 is 1.36 bits per heavy atom. The first-order valence-corrected chi connectivity index (χ1v) is 8.48. The number of aryl methyl sites for hydroxylation is 1. The summed E-state index contributed by atoms with van der Waals surface area (Å²) in [5, 5.41) is 13.4. The van der Waals surface area contributed by atoms with Gasteiger partial charge >= 0.3 is 0 Å². The van der Waals surface area contributed by atoms with E-state index in [2.05, 4.69) is 20.8 Å². The highest BCUT2D eigenvalue weighted by Crippen LogP contribution is 2.10. The van der Waals surface area contributed by atoms with Crippen LogP contribution < -0.4 is 5.32 Å². The fourth-order valence-corrected chi connectivity index (χ4v) is 2.86. The number of nitrogens with one attached hydrogen (secondary N) is 1. The fourth-order valence-electron chi connectivity index (χ4n) is 1.85. The molecule has 7 nitrogen and oxygen atoms in total. The first-order chi connectivity index (χ1) is 10.6. The van der Waals surface area contributed by atoms with Gasteiger partial charge in [-0.05, 0) is 35.9 Å². The second-order valence-electron chi connectivity index (χ2n) is 4.84. The van der Waals surface area contributed by atoms with Crippen LogP contribution in [-0.4, -0.2) is 35.6 Å². The number of tetrazole rings is 1. The number of carbonyl (C=O) groups excluding carboxylic acids is 1. The molecular weight excluding hydrogens is 302 g/mol. The molecule has 8 heteroatoms. The first kappa shape index (κ1) is 16.3. The highest BCUT2D eigenvalue weighted by molar-refractivity contribution is 7.85. The number of amides is 1. The predicted molar refractivity (Wildman–Crippen MR) is 84.5 cm³/mol. The van der Waals surface area contributed by atoms with Crippen LogP contribution in [-0.2, 0) is 27.9 Å². The maximum Gasteiger partial charge on any atom is 0.239 e. The van der Waals surface area contributed by atoms with E-state index in [4.69, 9.17) is 0 Å². The minimum Gasteiger partial charge on any atom is -0.325 e. The Hall–Kier alpha value is -2.09. The normalized spacial score (nSPS) is 13.5. The molecule has 0 aliphatic heterocycles. The van der Waals surface area contributed by atoms with Crippen molar-refractivity contribution >= 4 is 22.4 Å². The number of anilines is 1. The summed E-state index contributed by atoms with van der Waals surface area (Å²) in [7, 11) is -1.39. The number of nitrogens with zero attached hydrogens (tertiary/aromatic N) is 4. The van der Waals surface area contributed by atoms with Crippen LogP contribution in [0.3, 0.4) is 0 Å². The summed E-state index contributed by atoms with van der Waals surface area (Å²) in [6, 6.07) is 9.10. The minimum absolute atomic E-state index is 0.163. The number of hydrogen-bond donors (Lipinski definition) is 1. The topological polar surface area (TPSA) is 89.8 Å². The van der Waals surface area contributed by atoms with Gasteiger partial charge in [0.25, 0.3) is 0 Å². The number of rotatable bonds is 7. The lowest BCUT2D eigenvalue weighted by atomic mass is 10.3. The van der Waals surface area contributed by atoms with Gasteiger partial charge in [-0.25, -0.2) is 4.68 Å². The molecule has 0 saturated heterocycles. The molecule has 0 unspecified atom stereocenters. The Balaban J connectivity index is 1.96. The average Bonchev–Trinajstić information content (AvgIpc) is 2.95. The summed E-state index contributed by atoms with van der Waals surface area (Å²) in [5.41, 5.74) is 0.687. The molecule has 1 N–H and O–H groups in total. The molecule has 22 heavy (non-hydrogen) atoms. The maximum absolute atomic E-state index is 12.3. The molecule has 1 aromatic carbocycles. The number of benzene rings is 1. The van der Waals surface area contributed by atoms with Gasteiger partial charge in [-0.3, -0.25) is 9.00 Å². The van der Waals surface area contributed by atoms with Crippen LogP contribution in [0.2, 0.25) is 0 Å². The zero-order valence-electron chi connectivity index (χ0n) is 12.6. The van der Waals surface area contributed by atoms with E-state index in [9.17, 15) is 9.00 Å². The van der Waals surface area contributed by atoms with Gasteiger partial charge in [-0.1, -0.05) is 25.1 Å². The van der Waals surface area contributed by atoms with Crippen molar-refractivity contribution in [3.63, 3.8) is 0 Å². The largest absolute Gasteiger partial charge is 0.325 e. The van der Waals surface area contributed by atoms with Crippen molar-refractivity contribution in [2.75, 3.05) is 5.32 Å². The smallest absolute Gasteiger partial charge is 0.239 e. The van der Waals surface area contributed by atoms with E-state index in [1.807, 2.05) is 25.1 Å². The summed E-state index contributed by atoms with van der Waals surface area (Å²) in [6.45, 7) is 4.32. The molecule has 2 aromatic rings. The zero-order chi connectivity index (χ0) is 15.9. The average molecular weight is 321 g/mol. The van der Waals surface area contributed by atoms with E-state index < -0.39 is 16.0 Å². The second kappa shape index (κ2) is 7.79. The Kier molecular flexibility index (Phi) is 5.76. The summed E-state index contributed by atoms with van der Waals surface area (Å²) < 4.78 is 14.0. The molecule has 1 aromatic heterocycles. The molecule has 2 atom stereocenters. The van der Waals surface area contributed by atoms with Crippen LogP contribution in [0.15, 0.2) is 30.3 Å². The fraction of sp³-hybridized carbons (Fsp3) is 0.429. The maximum atomic E-state index is 12.3. The van der Waals surface area contributed by atoms with E-state index >= 15 is 0 Å². The molecule has 0 aliphatic rings. The van der Waals surface area contributed by atoms with E-state index in [0.29, 0.717) is 18.1 Å².